The lowest BCUT2D eigenvalue weighted by Gasteiger charge is -2.22. The molecule has 0 radical (unpaired) electrons. The molecule has 0 spiro atoms. The van der Waals surface area contributed by atoms with Crippen molar-refractivity contribution in [3.05, 3.63) is 53.3 Å². The standard InChI is InChI=1S/C21H23N5O3/c1-21(2,3)29-20(28)24-15-7-5-12-10-13(4-6-14(12)15)17-11-26-18(23-17)9-8-16(25-26)19(22)27/h4,6,8-11,15H,5,7H2,1-3H3,(H2,22,27)(H,24,28)/t15-/m0/s1. The quantitative estimate of drug-likeness (QED) is 0.710. The Bertz CT molecular complexity index is 1110. The first kappa shape index (κ1) is 18.9. The summed E-state index contributed by atoms with van der Waals surface area (Å²) in [6.07, 6.45) is 3.05. The van der Waals surface area contributed by atoms with E-state index in [1.807, 2.05) is 32.9 Å². The highest BCUT2D eigenvalue weighted by Gasteiger charge is 2.26. The second kappa shape index (κ2) is 6.88. The highest BCUT2D eigenvalue weighted by Crippen LogP contribution is 2.34. The van der Waals surface area contributed by atoms with Crippen LogP contribution in [0, 0.1) is 0 Å². The zero-order chi connectivity index (χ0) is 20.8. The van der Waals surface area contributed by atoms with Crippen molar-refractivity contribution in [2.24, 2.45) is 5.73 Å². The molecule has 0 saturated carbocycles. The number of ether oxygens (including phenoxy) is 1. The van der Waals surface area contributed by atoms with E-state index in [0.717, 1.165) is 29.7 Å². The third kappa shape index (κ3) is 3.91. The van der Waals surface area contributed by atoms with Crippen LogP contribution in [0.15, 0.2) is 36.5 Å². The molecule has 0 fully saturated rings. The number of primary amides is 1. The minimum Gasteiger partial charge on any atom is -0.444 e. The maximum atomic E-state index is 12.1. The number of benzene rings is 1. The van der Waals surface area contributed by atoms with E-state index in [9.17, 15) is 9.59 Å². The van der Waals surface area contributed by atoms with Crippen LogP contribution in [0.1, 0.15) is 54.8 Å². The van der Waals surface area contributed by atoms with Crippen LogP contribution in [0.25, 0.3) is 16.9 Å². The lowest BCUT2D eigenvalue weighted by Crippen LogP contribution is -2.34. The van der Waals surface area contributed by atoms with Gasteiger partial charge in [-0.05, 0) is 62.9 Å². The van der Waals surface area contributed by atoms with E-state index in [0.29, 0.717) is 5.65 Å². The molecule has 0 saturated heterocycles. The first-order valence-electron chi connectivity index (χ1n) is 9.48. The van der Waals surface area contributed by atoms with Crippen molar-refractivity contribution in [2.75, 3.05) is 0 Å². The van der Waals surface area contributed by atoms with Crippen LogP contribution in [-0.2, 0) is 11.2 Å². The van der Waals surface area contributed by atoms with Gasteiger partial charge in [-0.15, -0.1) is 0 Å². The summed E-state index contributed by atoms with van der Waals surface area (Å²) in [6.45, 7) is 5.53. The Hall–Kier alpha value is -3.42. The molecule has 3 N–H and O–H groups in total. The van der Waals surface area contributed by atoms with Crippen molar-refractivity contribution in [1.29, 1.82) is 0 Å². The Kier molecular flexibility index (Phi) is 4.49. The Morgan fingerprint density at radius 2 is 2.03 bits per heavy atom. The van der Waals surface area contributed by atoms with Crippen LogP contribution in [-0.4, -0.2) is 32.2 Å². The van der Waals surface area contributed by atoms with Gasteiger partial charge in [-0.1, -0.05) is 12.1 Å². The van der Waals surface area contributed by atoms with Crippen molar-refractivity contribution in [3.8, 4) is 11.3 Å². The molecule has 29 heavy (non-hydrogen) atoms. The molecule has 1 aliphatic carbocycles. The lowest BCUT2D eigenvalue weighted by atomic mass is 10.0. The minimum absolute atomic E-state index is 0.0604. The number of carbonyl (C=O) groups excluding carboxylic acids is 2. The molecule has 0 unspecified atom stereocenters. The number of aromatic nitrogens is 3. The topological polar surface area (TPSA) is 112 Å². The highest BCUT2D eigenvalue weighted by atomic mass is 16.6. The zero-order valence-corrected chi connectivity index (χ0v) is 16.6. The second-order valence-electron chi connectivity index (χ2n) is 8.16. The zero-order valence-electron chi connectivity index (χ0n) is 16.6. The van der Waals surface area contributed by atoms with Crippen LogP contribution in [0.3, 0.4) is 0 Å². The summed E-state index contributed by atoms with van der Waals surface area (Å²) in [5.74, 6) is -0.580. The molecular weight excluding hydrogens is 370 g/mol. The van der Waals surface area contributed by atoms with Crippen molar-refractivity contribution in [2.45, 2.75) is 45.3 Å². The van der Waals surface area contributed by atoms with Gasteiger partial charge in [0.2, 0.25) is 0 Å². The van der Waals surface area contributed by atoms with Gasteiger partial charge in [0.15, 0.2) is 5.65 Å². The molecule has 8 heteroatoms. The number of aryl methyl sites for hydroxylation is 1. The molecule has 0 aliphatic heterocycles. The summed E-state index contributed by atoms with van der Waals surface area (Å²) in [6, 6.07) is 9.30. The largest absolute Gasteiger partial charge is 0.444 e. The van der Waals surface area contributed by atoms with Gasteiger partial charge >= 0.3 is 6.09 Å². The summed E-state index contributed by atoms with van der Waals surface area (Å²) >= 11 is 0. The van der Waals surface area contributed by atoms with Gasteiger partial charge in [-0.3, -0.25) is 4.79 Å². The molecule has 4 rings (SSSR count). The van der Waals surface area contributed by atoms with Gasteiger partial charge in [-0.2, -0.15) is 5.10 Å². The fourth-order valence-corrected chi connectivity index (χ4v) is 3.53. The molecule has 0 bridgehead atoms. The monoisotopic (exact) mass is 393 g/mol. The Balaban J connectivity index is 1.57. The van der Waals surface area contributed by atoms with E-state index in [-0.39, 0.29) is 11.7 Å². The first-order valence-corrected chi connectivity index (χ1v) is 9.48. The maximum absolute atomic E-state index is 12.1. The van der Waals surface area contributed by atoms with Gasteiger partial charge in [0.25, 0.3) is 5.91 Å². The smallest absolute Gasteiger partial charge is 0.408 e. The van der Waals surface area contributed by atoms with Crippen molar-refractivity contribution in [3.63, 3.8) is 0 Å². The molecule has 150 valence electrons. The third-order valence-electron chi connectivity index (χ3n) is 4.78. The van der Waals surface area contributed by atoms with E-state index in [1.54, 1.807) is 22.8 Å². The summed E-state index contributed by atoms with van der Waals surface area (Å²) < 4.78 is 6.92. The van der Waals surface area contributed by atoms with Gasteiger partial charge in [0.05, 0.1) is 17.9 Å². The fraction of sp³-hybridized carbons (Fsp3) is 0.333. The van der Waals surface area contributed by atoms with Gasteiger partial charge in [0.1, 0.15) is 11.3 Å². The van der Waals surface area contributed by atoms with Gasteiger partial charge < -0.3 is 15.8 Å². The van der Waals surface area contributed by atoms with Crippen LogP contribution < -0.4 is 11.1 Å². The number of carbonyl (C=O) groups is 2. The van der Waals surface area contributed by atoms with Crippen LogP contribution in [0.2, 0.25) is 0 Å². The average molecular weight is 393 g/mol. The number of rotatable bonds is 3. The molecule has 8 nitrogen and oxygen atoms in total. The number of nitrogens with zero attached hydrogens (tertiary/aromatic N) is 3. The summed E-state index contributed by atoms with van der Waals surface area (Å²) in [5, 5.41) is 7.14. The summed E-state index contributed by atoms with van der Waals surface area (Å²) in [5.41, 5.74) is 9.56. The Morgan fingerprint density at radius 3 is 2.76 bits per heavy atom. The summed E-state index contributed by atoms with van der Waals surface area (Å²) in [7, 11) is 0. The number of hydrogen-bond acceptors (Lipinski definition) is 5. The SMILES string of the molecule is CC(C)(C)OC(=O)N[C@H]1CCc2cc(-c3cn4nc(C(N)=O)ccc4n3)ccc21. The second-order valence-corrected chi connectivity index (χ2v) is 8.16. The Labute approximate surface area is 168 Å². The lowest BCUT2D eigenvalue weighted by molar-refractivity contribution is 0.0503. The number of hydrogen-bond donors (Lipinski definition) is 2. The minimum atomic E-state index is -0.580. The van der Waals surface area contributed by atoms with Crippen LogP contribution in [0.5, 0.6) is 0 Å². The number of fused-ring (bicyclic) bond motifs is 2. The molecular formula is C21H23N5O3. The van der Waals surface area contributed by atoms with Crippen molar-refractivity contribution in [1.82, 2.24) is 19.9 Å². The van der Waals surface area contributed by atoms with Crippen molar-refractivity contribution < 1.29 is 14.3 Å². The number of imidazole rings is 1. The molecule has 2 aromatic heterocycles. The highest BCUT2D eigenvalue weighted by molar-refractivity contribution is 5.90. The molecule has 1 aliphatic rings. The number of nitrogens with one attached hydrogen (secondary N) is 1. The average Bonchev–Trinajstić information content (AvgIpc) is 3.23. The van der Waals surface area contributed by atoms with Crippen LogP contribution in [0.4, 0.5) is 4.79 Å². The molecule has 3 aromatic rings. The molecule has 2 heterocycles. The molecule has 2 amide bonds. The van der Waals surface area contributed by atoms with E-state index in [1.165, 1.54) is 5.56 Å². The maximum Gasteiger partial charge on any atom is 0.408 e. The number of amides is 2. The Morgan fingerprint density at radius 1 is 1.24 bits per heavy atom. The third-order valence-corrected chi connectivity index (χ3v) is 4.78. The van der Waals surface area contributed by atoms with E-state index in [2.05, 4.69) is 21.5 Å². The number of nitrogens with two attached hydrogens (primary N) is 1. The first-order chi connectivity index (χ1) is 13.7. The fourth-order valence-electron chi connectivity index (χ4n) is 3.53. The van der Waals surface area contributed by atoms with E-state index >= 15 is 0 Å². The van der Waals surface area contributed by atoms with Gasteiger partial charge in [-0.25, -0.2) is 14.3 Å². The van der Waals surface area contributed by atoms with E-state index < -0.39 is 17.6 Å². The normalized spacial score (nSPS) is 15.9. The molecule has 1 atom stereocenters. The van der Waals surface area contributed by atoms with Crippen LogP contribution >= 0.6 is 0 Å². The van der Waals surface area contributed by atoms with Crippen molar-refractivity contribution >= 4 is 17.6 Å². The van der Waals surface area contributed by atoms with E-state index in [4.69, 9.17) is 10.5 Å². The predicted molar refractivity (Wildman–Crippen MR) is 107 cm³/mol. The predicted octanol–water partition coefficient (Wildman–Crippen LogP) is 3.01. The molecule has 1 aromatic carbocycles. The summed E-state index contributed by atoms with van der Waals surface area (Å²) in [4.78, 5) is 28.0. The number of alkyl carbamates (subject to hydrolysis) is 1. The van der Waals surface area contributed by atoms with Gasteiger partial charge in [0, 0.05) is 5.56 Å².